The number of hydrogen-bond acceptors (Lipinski definition) is 6. The van der Waals surface area contributed by atoms with E-state index in [0.29, 0.717) is 18.7 Å². The van der Waals surface area contributed by atoms with Gasteiger partial charge in [0.1, 0.15) is 11.9 Å². The van der Waals surface area contributed by atoms with Gasteiger partial charge in [0.05, 0.1) is 7.11 Å². The zero-order valence-electron chi connectivity index (χ0n) is 25.1. The molecule has 1 aromatic carbocycles. The number of aryl methyl sites for hydroxylation is 2. The molecule has 0 aliphatic carbocycles. The van der Waals surface area contributed by atoms with E-state index in [1.165, 1.54) is 25.2 Å². The van der Waals surface area contributed by atoms with Gasteiger partial charge in [-0.1, -0.05) is 26.3 Å². The molecule has 1 aromatic heterocycles. The lowest BCUT2D eigenvalue weighted by Crippen LogP contribution is -2.48. The number of aliphatic carboxylic acids is 1. The topological polar surface area (TPSA) is 77.9 Å². The summed E-state index contributed by atoms with van der Waals surface area (Å²) in [6.45, 7) is 10.8. The third-order valence-electron chi connectivity index (χ3n) is 8.98. The molecule has 2 atom stereocenters. The normalized spacial score (nSPS) is 18.6. The van der Waals surface area contributed by atoms with Gasteiger partial charge in [0.15, 0.2) is 11.6 Å². The number of rotatable bonds is 12. The number of carboxylic acid groups (broad SMARTS) is 1. The summed E-state index contributed by atoms with van der Waals surface area (Å²) in [6.07, 6.45) is 7.33. The molecule has 7 nitrogen and oxygen atoms in total. The highest BCUT2D eigenvalue weighted by atomic mass is 19.1. The fourth-order valence-corrected chi connectivity index (χ4v) is 6.24. The molecule has 1 saturated heterocycles. The van der Waals surface area contributed by atoms with Gasteiger partial charge in [-0.2, -0.15) is 0 Å². The Hall–Kier alpha value is -2.71. The van der Waals surface area contributed by atoms with Gasteiger partial charge in [0.25, 0.3) is 0 Å². The van der Waals surface area contributed by atoms with Gasteiger partial charge in [-0.05, 0) is 94.7 Å². The SMILES string of the molecule is COc1c(F)cc(C(C)C)cc1[C@H](C(=O)O)N1CC[C@@H](N(C)C(C)(C)CCCCc2ccc3c(n2)NCCC3)C1. The largest absolute Gasteiger partial charge is 0.493 e. The Morgan fingerprint density at radius 2 is 2.08 bits per heavy atom. The Morgan fingerprint density at radius 3 is 2.77 bits per heavy atom. The predicted octanol–water partition coefficient (Wildman–Crippen LogP) is 6.03. The number of ether oxygens (including phenoxy) is 1. The van der Waals surface area contributed by atoms with Crippen LogP contribution in [0.3, 0.4) is 0 Å². The first-order chi connectivity index (χ1) is 19.0. The fraction of sp³-hybridized carbons (Fsp3) is 0.625. The molecule has 220 valence electrons. The second-order valence-electron chi connectivity index (χ2n) is 12.4. The number of nitrogens with zero attached hydrogens (tertiary/aromatic N) is 3. The van der Waals surface area contributed by atoms with Crippen molar-refractivity contribution in [3.8, 4) is 5.75 Å². The Bertz CT molecular complexity index is 1180. The van der Waals surface area contributed by atoms with E-state index in [4.69, 9.17) is 9.72 Å². The summed E-state index contributed by atoms with van der Waals surface area (Å²) in [4.78, 5) is 21.8. The van der Waals surface area contributed by atoms with E-state index < -0.39 is 17.8 Å². The summed E-state index contributed by atoms with van der Waals surface area (Å²) in [5.74, 6) is -0.326. The highest BCUT2D eigenvalue weighted by molar-refractivity contribution is 5.77. The molecule has 0 unspecified atom stereocenters. The summed E-state index contributed by atoms with van der Waals surface area (Å²) >= 11 is 0. The van der Waals surface area contributed by atoms with Crippen LogP contribution >= 0.6 is 0 Å². The smallest absolute Gasteiger partial charge is 0.325 e. The van der Waals surface area contributed by atoms with Crippen molar-refractivity contribution in [2.75, 3.05) is 39.1 Å². The molecule has 0 bridgehead atoms. The molecule has 2 aromatic rings. The number of hydrogen-bond donors (Lipinski definition) is 2. The van der Waals surface area contributed by atoms with E-state index in [-0.39, 0.29) is 23.2 Å². The number of likely N-dealkylation sites (N-methyl/N-ethyl adjacent to an activating group) is 1. The van der Waals surface area contributed by atoms with Gasteiger partial charge in [-0.25, -0.2) is 9.37 Å². The van der Waals surface area contributed by atoms with Crippen LogP contribution in [0.15, 0.2) is 24.3 Å². The van der Waals surface area contributed by atoms with E-state index in [2.05, 4.69) is 43.2 Å². The minimum atomic E-state index is -0.979. The monoisotopic (exact) mass is 554 g/mol. The molecule has 0 radical (unpaired) electrons. The molecule has 2 aliphatic rings. The lowest BCUT2D eigenvalue weighted by atomic mass is 9.92. The molecular weight excluding hydrogens is 507 g/mol. The molecular formula is C32H47FN4O3. The number of halogens is 1. The van der Waals surface area contributed by atoms with E-state index in [9.17, 15) is 14.3 Å². The minimum absolute atomic E-state index is 0.0260. The van der Waals surface area contributed by atoms with Gasteiger partial charge in [-0.15, -0.1) is 0 Å². The van der Waals surface area contributed by atoms with Gasteiger partial charge in [0, 0.05) is 42.5 Å². The second kappa shape index (κ2) is 12.9. The predicted molar refractivity (Wildman–Crippen MR) is 158 cm³/mol. The van der Waals surface area contributed by atoms with Crippen molar-refractivity contribution in [3.05, 3.63) is 52.5 Å². The number of likely N-dealkylation sites (tertiary alicyclic amines) is 1. The first-order valence-corrected chi connectivity index (χ1v) is 14.8. The number of fused-ring (bicyclic) bond motifs is 1. The zero-order valence-corrected chi connectivity index (χ0v) is 25.1. The van der Waals surface area contributed by atoms with Crippen molar-refractivity contribution >= 4 is 11.8 Å². The van der Waals surface area contributed by atoms with E-state index in [1.807, 2.05) is 18.7 Å². The van der Waals surface area contributed by atoms with Gasteiger partial charge >= 0.3 is 5.97 Å². The molecule has 1 fully saturated rings. The average molecular weight is 555 g/mol. The van der Waals surface area contributed by atoms with Crippen LogP contribution < -0.4 is 10.1 Å². The summed E-state index contributed by atoms with van der Waals surface area (Å²) in [5.41, 5.74) is 3.61. The highest BCUT2D eigenvalue weighted by Crippen LogP contribution is 2.38. The van der Waals surface area contributed by atoms with Crippen LogP contribution in [0.5, 0.6) is 5.75 Å². The number of unbranched alkanes of at least 4 members (excludes halogenated alkanes) is 1. The van der Waals surface area contributed by atoms with Crippen LogP contribution in [0.25, 0.3) is 0 Å². The van der Waals surface area contributed by atoms with Crippen molar-refractivity contribution < 1.29 is 19.0 Å². The van der Waals surface area contributed by atoms with Crippen molar-refractivity contribution in [3.63, 3.8) is 0 Å². The zero-order chi connectivity index (χ0) is 29.0. The quantitative estimate of drug-likeness (QED) is 0.310. The summed E-state index contributed by atoms with van der Waals surface area (Å²) in [7, 11) is 3.55. The molecule has 4 rings (SSSR count). The average Bonchev–Trinajstić information content (AvgIpc) is 3.39. The number of aromatic nitrogens is 1. The third kappa shape index (κ3) is 6.77. The van der Waals surface area contributed by atoms with Gasteiger partial charge < -0.3 is 15.2 Å². The molecule has 0 saturated carbocycles. The minimum Gasteiger partial charge on any atom is -0.493 e. The van der Waals surface area contributed by atoms with Crippen LogP contribution in [0, 0.1) is 5.82 Å². The van der Waals surface area contributed by atoms with Crippen molar-refractivity contribution in [1.82, 2.24) is 14.8 Å². The lowest BCUT2D eigenvalue weighted by Gasteiger charge is -2.40. The maximum absolute atomic E-state index is 14.9. The molecule has 2 N–H and O–H groups in total. The van der Waals surface area contributed by atoms with Crippen molar-refractivity contribution in [2.24, 2.45) is 0 Å². The lowest BCUT2D eigenvalue weighted by molar-refractivity contribution is -0.143. The Balaban J connectivity index is 1.37. The number of carboxylic acids is 1. The van der Waals surface area contributed by atoms with Crippen LogP contribution in [0.2, 0.25) is 0 Å². The molecule has 0 amide bonds. The number of benzene rings is 1. The first-order valence-electron chi connectivity index (χ1n) is 14.8. The Morgan fingerprint density at radius 1 is 1.30 bits per heavy atom. The van der Waals surface area contributed by atoms with Gasteiger partial charge in [-0.3, -0.25) is 14.6 Å². The van der Waals surface area contributed by atoms with Crippen LogP contribution in [-0.2, 0) is 17.6 Å². The standard InChI is InChI=1S/C32H47FN4O3/c1-21(2)23-18-26(29(40-6)27(33)19-23)28(31(38)39)37-17-14-25(20-37)36(5)32(3,4)15-8-7-11-24-13-12-22-10-9-16-34-30(22)35-24/h12-13,18-19,21,25,28H,7-11,14-17,20H2,1-6H3,(H,34,35)(H,38,39)/t25-,28-/m1/s1. The van der Waals surface area contributed by atoms with Gasteiger partial charge in [0.2, 0.25) is 0 Å². The maximum atomic E-state index is 14.9. The Kier molecular flexibility index (Phi) is 9.72. The van der Waals surface area contributed by atoms with Crippen LogP contribution in [0.4, 0.5) is 10.2 Å². The van der Waals surface area contributed by atoms with Crippen LogP contribution in [0.1, 0.15) is 94.1 Å². The highest BCUT2D eigenvalue weighted by Gasteiger charge is 2.40. The summed E-state index contributed by atoms with van der Waals surface area (Å²) in [6, 6.07) is 6.92. The molecule has 3 heterocycles. The molecule has 0 spiro atoms. The van der Waals surface area contributed by atoms with E-state index >= 15 is 0 Å². The van der Waals surface area contributed by atoms with E-state index in [1.54, 1.807) is 6.07 Å². The molecule has 8 heteroatoms. The molecule has 40 heavy (non-hydrogen) atoms. The first kappa shape index (κ1) is 30.3. The number of methoxy groups -OCH3 is 1. The summed E-state index contributed by atoms with van der Waals surface area (Å²) < 4.78 is 20.3. The van der Waals surface area contributed by atoms with Crippen LogP contribution in [-0.4, -0.2) is 71.2 Å². The van der Waals surface area contributed by atoms with E-state index in [0.717, 1.165) is 62.1 Å². The third-order valence-corrected chi connectivity index (χ3v) is 8.98. The van der Waals surface area contributed by atoms with Crippen molar-refractivity contribution in [1.29, 1.82) is 0 Å². The van der Waals surface area contributed by atoms with Crippen molar-refractivity contribution in [2.45, 2.75) is 96.2 Å². The number of anilines is 1. The number of carbonyl (C=O) groups is 1. The molecule has 2 aliphatic heterocycles. The fourth-order valence-electron chi connectivity index (χ4n) is 6.24. The number of nitrogens with one attached hydrogen (secondary N) is 1. The summed E-state index contributed by atoms with van der Waals surface area (Å²) in [5, 5.41) is 13.7. The second-order valence-corrected chi connectivity index (χ2v) is 12.4. The maximum Gasteiger partial charge on any atom is 0.325 e. The number of pyridine rings is 1. The Labute approximate surface area is 239 Å².